The number of carbonyl (C=O) groups is 2. The molecule has 1 aromatic rings. The van der Waals surface area contributed by atoms with Gasteiger partial charge in [0.1, 0.15) is 0 Å². The van der Waals surface area contributed by atoms with E-state index in [9.17, 15) is 9.59 Å². The van der Waals surface area contributed by atoms with Crippen LogP contribution >= 0.6 is 23.5 Å². The van der Waals surface area contributed by atoms with Gasteiger partial charge in [-0.25, -0.2) is 0 Å². The first kappa shape index (κ1) is 13.9. The summed E-state index contributed by atoms with van der Waals surface area (Å²) in [5.74, 6) is -0.549. The highest BCUT2D eigenvalue weighted by atomic mass is 32.2. The van der Waals surface area contributed by atoms with E-state index in [2.05, 4.69) is 10.3 Å². The number of aliphatic imine (C=N–C) groups is 1. The molecule has 0 radical (unpaired) electrons. The zero-order valence-corrected chi connectivity index (χ0v) is 12.1. The average molecular weight is 292 g/mol. The number of amidine groups is 1. The number of carbonyl (C=O) groups excluding carboxylic acids is 2. The van der Waals surface area contributed by atoms with Crippen molar-refractivity contribution in [3.8, 4) is 0 Å². The first-order valence-electron chi connectivity index (χ1n) is 5.52. The number of thioether (sulfide) groups is 2. The summed E-state index contributed by atoms with van der Waals surface area (Å²) in [5.41, 5.74) is 0.938. The monoisotopic (exact) mass is 292 g/mol. The molecule has 0 aromatic heterocycles. The molecule has 0 atom stereocenters. The summed E-state index contributed by atoms with van der Waals surface area (Å²) in [7, 11) is 0. The Morgan fingerprint density at radius 2 is 2.05 bits per heavy atom. The van der Waals surface area contributed by atoms with Crippen LogP contribution in [0.2, 0.25) is 0 Å². The van der Waals surface area contributed by atoms with Crippen LogP contribution in [0.4, 0.5) is 0 Å². The van der Waals surface area contributed by atoms with Crippen LogP contribution in [0, 0.1) is 0 Å². The maximum Gasteiger partial charge on any atom is 0.286 e. The van der Waals surface area contributed by atoms with Gasteiger partial charge < -0.3 is 5.32 Å². The number of nitrogens with one attached hydrogen (secondary N) is 1. The van der Waals surface area contributed by atoms with Crippen LogP contribution in [0.15, 0.2) is 39.1 Å². The SMILES string of the molecule is CSc1ccc(C=C2SC(NC(C)=O)=NC2=O)cc1. The van der Waals surface area contributed by atoms with Crippen LogP contribution in [0.1, 0.15) is 12.5 Å². The van der Waals surface area contributed by atoms with E-state index in [0.717, 1.165) is 5.56 Å². The van der Waals surface area contributed by atoms with Gasteiger partial charge in [-0.3, -0.25) is 9.59 Å². The molecule has 2 rings (SSSR count). The van der Waals surface area contributed by atoms with E-state index in [1.54, 1.807) is 17.8 Å². The van der Waals surface area contributed by atoms with Gasteiger partial charge in [-0.05, 0) is 41.8 Å². The minimum atomic E-state index is -0.317. The van der Waals surface area contributed by atoms with Crippen molar-refractivity contribution < 1.29 is 9.59 Å². The number of nitrogens with zero attached hydrogens (tertiary/aromatic N) is 1. The van der Waals surface area contributed by atoms with Gasteiger partial charge in [0, 0.05) is 11.8 Å². The maximum absolute atomic E-state index is 11.7. The molecule has 0 spiro atoms. The molecule has 0 bridgehead atoms. The van der Waals surface area contributed by atoms with Gasteiger partial charge in [0.15, 0.2) is 5.17 Å². The third kappa shape index (κ3) is 3.71. The molecule has 98 valence electrons. The number of amides is 2. The van der Waals surface area contributed by atoms with E-state index in [0.29, 0.717) is 10.1 Å². The van der Waals surface area contributed by atoms with Crippen LogP contribution in [0.3, 0.4) is 0 Å². The second-order valence-electron chi connectivity index (χ2n) is 3.79. The topological polar surface area (TPSA) is 58.5 Å². The quantitative estimate of drug-likeness (QED) is 0.672. The minimum Gasteiger partial charge on any atom is -0.305 e. The molecule has 19 heavy (non-hydrogen) atoms. The predicted octanol–water partition coefficient (Wildman–Crippen LogP) is 2.51. The highest BCUT2D eigenvalue weighted by Crippen LogP contribution is 2.27. The highest BCUT2D eigenvalue weighted by Gasteiger charge is 2.22. The van der Waals surface area contributed by atoms with Crippen molar-refractivity contribution in [3.05, 3.63) is 34.7 Å². The number of hydrogen-bond donors (Lipinski definition) is 1. The fraction of sp³-hybridized carbons (Fsp3) is 0.154. The molecule has 6 heteroatoms. The first-order chi connectivity index (χ1) is 9.08. The standard InChI is InChI=1S/C13H12N2O2S2/c1-8(16)14-13-15-12(17)11(19-13)7-9-3-5-10(18-2)6-4-9/h3-7H,1-2H3,(H,14,15,16,17). The molecule has 1 aliphatic rings. The molecule has 2 amide bonds. The Morgan fingerprint density at radius 3 is 2.63 bits per heavy atom. The zero-order valence-electron chi connectivity index (χ0n) is 10.5. The van der Waals surface area contributed by atoms with E-state index in [1.807, 2.05) is 30.5 Å². The molecular formula is C13H12N2O2S2. The summed E-state index contributed by atoms with van der Waals surface area (Å²) in [5, 5.41) is 2.85. The lowest BCUT2D eigenvalue weighted by Gasteiger charge is -1.99. The van der Waals surface area contributed by atoms with Crippen LogP contribution in [0.5, 0.6) is 0 Å². The summed E-state index contributed by atoms with van der Waals surface area (Å²) < 4.78 is 0. The zero-order chi connectivity index (χ0) is 13.8. The summed E-state index contributed by atoms with van der Waals surface area (Å²) in [4.78, 5) is 28.0. The van der Waals surface area contributed by atoms with Gasteiger partial charge in [0.2, 0.25) is 5.91 Å². The number of hydrogen-bond acceptors (Lipinski definition) is 4. The minimum absolute atomic E-state index is 0.232. The first-order valence-corrected chi connectivity index (χ1v) is 7.57. The lowest BCUT2D eigenvalue weighted by molar-refractivity contribution is -0.117. The third-order valence-corrected chi connectivity index (χ3v) is 3.96. The number of rotatable bonds is 2. The Bertz CT molecular complexity index is 577. The average Bonchev–Trinajstić information content (AvgIpc) is 2.69. The summed E-state index contributed by atoms with van der Waals surface area (Å²) in [6, 6.07) is 7.89. The molecule has 1 aromatic carbocycles. The second-order valence-corrected chi connectivity index (χ2v) is 5.70. The fourth-order valence-corrected chi connectivity index (χ4v) is 2.73. The van der Waals surface area contributed by atoms with E-state index >= 15 is 0 Å². The molecule has 1 N–H and O–H groups in total. The fourth-order valence-electron chi connectivity index (χ4n) is 1.46. The predicted molar refractivity (Wildman–Crippen MR) is 80.0 cm³/mol. The molecule has 0 saturated carbocycles. The maximum atomic E-state index is 11.7. The largest absolute Gasteiger partial charge is 0.305 e. The summed E-state index contributed by atoms with van der Waals surface area (Å²) >= 11 is 2.84. The van der Waals surface area contributed by atoms with E-state index in [-0.39, 0.29) is 11.8 Å². The van der Waals surface area contributed by atoms with Crippen molar-refractivity contribution in [1.29, 1.82) is 0 Å². The van der Waals surface area contributed by atoms with Gasteiger partial charge >= 0.3 is 0 Å². The Kier molecular flexibility index (Phi) is 4.44. The van der Waals surface area contributed by atoms with E-state index in [1.165, 1.54) is 23.6 Å². The van der Waals surface area contributed by atoms with Crippen molar-refractivity contribution in [2.75, 3.05) is 6.26 Å². The molecule has 0 fully saturated rings. The van der Waals surface area contributed by atoms with Gasteiger partial charge in [-0.15, -0.1) is 11.8 Å². The Balaban J connectivity index is 2.12. The Hall–Kier alpha value is -1.53. The second kappa shape index (κ2) is 6.08. The van der Waals surface area contributed by atoms with Crippen molar-refractivity contribution >= 4 is 46.6 Å². The van der Waals surface area contributed by atoms with Crippen LogP contribution < -0.4 is 5.32 Å². The van der Waals surface area contributed by atoms with Crippen LogP contribution in [-0.2, 0) is 9.59 Å². The lowest BCUT2D eigenvalue weighted by atomic mass is 10.2. The lowest BCUT2D eigenvalue weighted by Crippen LogP contribution is -2.23. The summed E-state index contributed by atoms with van der Waals surface area (Å²) in [6.45, 7) is 1.39. The normalized spacial score (nSPS) is 16.6. The molecule has 0 saturated heterocycles. The van der Waals surface area contributed by atoms with Crippen molar-refractivity contribution in [1.82, 2.24) is 5.32 Å². The van der Waals surface area contributed by atoms with Crippen molar-refractivity contribution in [2.24, 2.45) is 4.99 Å². The Labute approximate surface area is 119 Å². The van der Waals surface area contributed by atoms with Crippen molar-refractivity contribution in [3.63, 3.8) is 0 Å². The molecule has 0 aliphatic carbocycles. The highest BCUT2D eigenvalue weighted by molar-refractivity contribution is 8.18. The summed E-state index contributed by atoms with van der Waals surface area (Å²) in [6.07, 6.45) is 3.78. The van der Waals surface area contributed by atoms with Gasteiger partial charge in [0.05, 0.1) is 4.91 Å². The van der Waals surface area contributed by atoms with Gasteiger partial charge in [0.25, 0.3) is 5.91 Å². The van der Waals surface area contributed by atoms with E-state index < -0.39 is 0 Å². The van der Waals surface area contributed by atoms with Gasteiger partial charge in [-0.2, -0.15) is 4.99 Å². The van der Waals surface area contributed by atoms with Crippen LogP contribution in [0.25, 0.3) is 6.08 Å². The van der Waals surface area contributed by atoms with E-state index in [4.69, 9.17) is 0 Å². The molecule has 1 aliphatic heterocycles. The molecular weight excluding hydrogens is 280 g/mol. The Morgan fingerprint density at radius 1 is 1.37 bits per heavy atom. The van der Waals surface area contributed by atoms with Crippen LogP contribution in [-0.4, -0.2) is 23.2 Å². The van der Waals surface area contributed by atoms with Gasteiger partial charge in [-0.1, -0.05) is 12.1 Å². The van der Waals surface area contributed by atoms with Crippen molar-refractivity contribution in [2.45, 2.75) is 11.8 Å². The third-order valence-electron chi connectivity index (χ3n) is 2.32. The number of benzene rings is 1. The molecule has 4 nitrogen and oxygen atoms in total. The smallest absolute Gasteiger partial charge is 0.286 e. The molecule has 0 unspecified atom stereocenters. The molecule has 1 heterocycles.